The molecule has 1 aliphatic rings. The standard InChI is InChI=1S/C21H19NO/c1-21(2,16-9-4-3-5-10-16)19-14-22-20-17-11-7-6-8-15(17)12-13-18(20)23-19/h3-14,19H,1-2H3. The van der Waals surface area contributed by atoms with Crippen molar-refractivity contribution < 1.29 is 4.74 Å². The maximum atomic E-state index is 6.31. The minimum atomic E-state index is -0.145. The highest BCUT2D eigenvalue weighted by molar-refractivity contribution is 5.98. The van der Waals surface area contributed by atoms with Gasteiger partial charge in [0.2, 0.25) is 0 Å². The molecular formula is C21H19NO. The molecule has 1 atom stereocenters. The number of nitrogens with zero attached hydrogens (tertiary/aromatic N) is 1. The van der Waals surface area contributed by atoms with Crippen LogP contribution in [0.3, 0.4) is 0 Å². The van der Waals surface area contributed by atoms with Gasteiger partial charge in [0.05, 0.1) is 0 Å². The molecule has 4 rings (SSSR count). The number of rotatable bonds is 2. The van der Waals surface area contributed by atoms with E-state index in [1.165, 1.54) is 10.9 Å². The second kappa shape index (κ2) is 5.24. The van der Waals surface area contributed by atoms with Crippen LogP contribution >= 0.6 is 0 Å². The van der Waals surface area contributed by atoms with Crippen LogP contribution < -0.4 is 4.74 Å². The zero-order valence-corrected chi connectivity index (χ0v) is 13.4. The van der Waals surface area contributed by atoms with Crippen LogP contribution in [0.15, 0.2) is 71.7 Å². The van der Waals surface area contributed by atoms with Crippen molar-refractivity contribution in [1.82, 2.24) is 0 Å². The third kappa shape index (κ3) is 2.31. The second-order valence-corrected chi connectivity index (χ2v) is 6.54. The van der Waals surface area contributed by atoms with E-state index >= 15 is 0 Å². The van der Waals surface area contributed by atoms with Crippen LogP contribution in [0.4, 0.5) is 5.69 Å². The Hall–Kier alpha value is -2.61. The van der Waals surface area contributed by atoms with Gasteiger partial charge in [0.1, 0.15) is 17.5 Å². The Morgan fingerprint density at radius 2 is 1.61 bits per heavy atom. The quantitative estimate of drug-likeness (QED) is 0.631. The molecule has 1 heterocycles. The van der Waals surface area contributed by atoms with Crippen LogP contribution in [0, 0.1) is 0 Å². The highest BCUT2D eigenvalue weighted by Crippen LogP contribution is 2.41. The Bertz CT molecular complexity index is 881. The van der Waals surface area contributed by atoms with E-state index in [1.807, 2.05) is 30.5 Å². The third-order valence-electron chi connectivity index (χ3n) is 4.69. The summed E-state index contributed by atoms with van der Waals surface area (Å²) in [4.78, 5) is 4.74. The molecule has 0 amide bonds. The fraction of sp³-hybridized carbons (Fsp3) is 0.190. The third-order valence-corrected chi connectivity index (χ3v) is 4.69. The van der Waals surface area contributed by atoms with E-state index in [2.05, 4.69) is 56.3 Å². The minimum Gasteiger partial charge on any atom is -0.482 e. The number of aliphatic imine (C=N–C) groups is 1. The van der Waals surface area contributed by atoms with Gasteiger partial charge in [-0.05, 0) is 17.0 Å². The van der Waals surface area contributed by atoms with Crippen LogP contribution in [-0.2, 0) is 5.41 Å². The van der Waals surface area contributed by atoms with Gasteiger partial charge in [0, 0.05) is 17.0 Å². The molecule has 1 unspecified atom stereocenters. The summed E-state index contributed by atoms with van der Waals surface area (Å²) in [6.45, 7) is 4.40. The van der Waals surface area contributed by atoms with Crippen molar-refractivity contribution in [3.05, 3.63) is 72.3 Å². The number of benzene rings is 3. The molecule has 0 aromatic heterocycles. The van der Waals surface area contributed by atoms with E-state index in [0.717, 1.165) is 16.8 Å². The fourth-order valence-corrected chi connectivity index (χ4v) is 3.14. The van der Waals surface area contributed by atoms with Crippen molar-refractivity contribution >= 4 is 22.7 Å². The van der Waals surface area contributed by atoms with Crippen molar-refractivity contribution in [2.75, 3.05) is 0 Å². The molecule has 0 fully saturated rings. The molecule has 0 saturated heterocycles. The van der Waals surface area contributed by atoms with Crippen LogP contribution in [0.5, 0.6) is 5.75 Å². The lowest BCUT2D eigenvalue weighted by Gasteiger charge is -2.34. The van der Waals surface area contributed by atoms with Crippen LogP contribution in [-0.4, -0.2) is 12.3 Å². The van der Waals surface area contributed by atoms with Gasteiger partial charge in [-0.15, -0.1) is 0 Å². The Morgan fingerprint density at radius 1 is 0.870 bits per heavy atom. The highest BCUT2D eigenvalue weighted by atomic mass is 16.5. The molecule has 23 heavy (non-hydrogen) atoms. The predicted octanol–water partition coefficient (Wildman–Crippen LogP) is 5.28. The van der Waals surface area contributed by atoms with Gasteiger partial charge in [-0.2, -0.15) is 0 Å². The van der Waals surface area contributed by atoms with Gasteiger partial charge < -0.3 is 4.74 Å². The van der Waals surface area contributed by atoms with Crippen molar-refractivity contribution in [2.24, 2.45) is 4.99 Å². The van der Waals surface area contributed by atoms with E-state index in [-0.39, 0.29) is 11.5 Å². The largest absolute Gasteiger partial charge is 0.482 e. The smallest absolute Gasteiger partial charge is 0.146 e. The lowest BCUT2D eigenvalue weighted by molar-refractivity contribution is 0.188. The topological polar surface area (TPSA) is 21.6 Å². The molecule has 0 aliphatic carbocycles. The van der Waals surface area contributed by atoms with Crippen molar-refractivity contribution in [2.45, 2.75) is 25.4 Å². The Labute approximate surface area is 136 Å². The molecule has 0 spiro atoms. The number of fused-ring (bicyclic) bond motifs is 3. The first kappa shape index (κ1) is 14.0. The van der Waals surface area contributed by atoms with Crippen LogP contribution in [0.1, 0.15) is 19.4 Å². The first-order valence-corrected chi connectivity index (χ1v) is 7.94. The molecule has 2 nitrogen and oxygen atoms in total. The second-order valence-electron chi connectivity index (χ2n) is 6.54. The maximum Gasteiger partial charge on any atom is 0.146 e. The monoisotopic (exact) mass is 301 g/mol. The Kier molecular flexibility index (Phi) is 3.19. The summed E-state index contributed by atoms with van der Waals surface area (Å²) in [6.07, 6.45) is 1.86. The zero-order chi connectivity index (χ0) is 15.9. The molecule has 114 valence electrons. The molecule has 0 saturated carbocycles. The lowest BCUT2D eigenvalue weighted by Crippen LogP contribution is -2.40. The normalized spacial score (nSPS) is 16.9. The summed E-state index contributed by atoms with van der Waals surface area (Å²) in [5.74, 6) is 0.861. The fourth-order valence-electron chi connectivity index (χ4n) is 3.14. The minimum absolute atomic E-state index is 0.0847. The van der Waals surface area contributed by atoms with E-state index < -0.39 is 0 Å². The van der Waals surface area contributed by atoms with Crippen LogP contribution in [0.2, 0.25) is 0 Å². The molecule has 3 aromatic carbocycles. The molecule has 0 radical (unpaired) electrons. The van der Waals surface area contributed by atoms with Crippen molar-refractivity contribution in [3.8, 4) is 5.75 Å². The van der Waals surface area contributed by atoms with Crippen molar-refractivity contribution in [1.29, 1.82) is 0 Å². The Balaban J connectivity index is 1.75. The summed E-state index contributed by atoms with van der Waals surface area (Å²) in [6, 6.07) is 22.9. The molecule has 0 bridgehead atoms. The van der Waals surface area contributed by atoms with Gasteiger partial charge in [0.25, 0.3) is 0 Å². The average molecular weight is 301 g/mol. The number of ether oxygens (including phenoxy) is 1. The summed E-state index contributed by atoms with van der Waals surface area (Å²) < 4.78 is 6.31. The first-order chi connectivity index (χ1) is 11.2. The van der Waals surface area contributed by atoms with Crippen molar-refractivity contribution in [3.63, 3.8) is 0 Å². The SMILES string of the molecule is CC(C)(c1ccccc1)C1C=Nc2c(ccc3ccccc23)O1. The summed E-state index contributed by atoms with van der Waals surface area (Å²) >= 11 is 0. The van der Waals surface area contributed by atoms with Gasteiger partial charge >= 0.3 is 0 Å². The van der Waals surface area contributed by atoms with Gasteiger partial charge in [-0.25, -0.2) is 0 Å². The molecule has 0 N–H and O–H groups in total. The summed E-state index contributed by atoms with van der Waals surface area (Å²) in [5.41, 5.74) is 2.04. The molecule has 2 heteroatoms. The van der Waals surface area contributed by atoms with E-state index in [4.69, 9.17) is 9.73 Å². The van der Waals surface area contributed by atoms with Crippen LogP contribution in [0.25, 0.3) is 10.8 Å². The molecule has 1 aliphatic heterocycles. The summed E-state index contributed by atoms with van der Waals surface area (Å²) in [7, 11) is 0. The maximum absolute atomic E-state index is 6.31. The highest BCUT2D eigenvalue weighted by Gasteiger charge is 2.34. The van der Waals surface area contributed by atoms with E-state index in [1.54, 1.807) is 0 Å². The first-order valence-electron chi connectivity index (χ1n) is 7.94. The van der Waals surface area contributed by atoms with Gasteiger partial charge in [-0.1, -0.05) is 74.5 Å². The average Bonchev–Trinajstić information content (AvgIpc) is 2.62. The van der Waals surface area contributed by atoms with Gasteiger partial charge in [0.15, 0.2) is 0 Å². The lowest BCUT2D eigenvalue weighted by atomic mass is 9.79. The summed E-state index contributed by atoms with van der Waals surface area (Å²) in [5, 5.41) is 2.32. The number of hydrogen-bond donors (Lipinski definition) is 0. The predicted molar refractivity (Wildman–Crippen MR) is 96.0 cm³/mol. The van der Waals surface area contributed by atoms with Gasteiger partial charge in [-0.3, -0.25) is 4.99 Å². The van der Waals surface area contributed by atoms with E-state index in [0.29, 0.717) is 0 Å². The molecule has 3 aromatic rings. The van der Waals surface area contributed by atoms with E-state index in [9.17, 15) is 0 Å². The molecular weight excluding hydrogens is 282 g/mol. The number of hydrogen-bond acceptors (Lipinski definition) is 2. The Morgan fingerprint density at radius 3 is 2.43 bits per heavy atom. The zero-order valence-electron chi connectivity index (χ0n) is 13.4.